The summed E-state index contributed by atoms with van der Waals surface area (Å²) in [6.45, 7) is 4.97. The smallest absolute Gasteiger partial charge is 0.332 e. The zero-order valence-corrected chi connectivity index (χ0v) is 17.9. The molecule has 0 radical (unpaired) electrons. The van der Waals surface area contributed by atoms with Crippen LogP contribution in [-0.2, 0) is 9.59 Å². The summed E-state index contributed by atoms with van der Waals surface area (Å²) in [5.74, 6) is -1.76. The van der Waals surface area contributed by atoms with E-state index in [9.17, 15) is 19.1 Å². The topological polar surface area (TPSA) is 75.6 Å². The lowest BCUT2D eigenvalue weighted by molar-refractivity contribution is -0.133. The van der Waals surface area contributed by atoms with E-state index in [4.69, 9.17) is 27.9 Å². The molecule has 1 aromatic carbocycles. The van der Waals surface area contributed by atoms with Gasteiger partial charge < -0.3 is 15.2 Å². The minimum atomic E-state index is -1.08. The number of rotatable bonds is 9. The number of benzene rings is 1. The molecule has 0 saturated carbocycles. The van der Waals surface area contributed by atoms with E-state index in [0.717, 1.165) is 0 Å². The van der Waals surface area contributed by atoms with Crippen LogP contribution in [-0.4, -0.2) is 23.6 Å². The van der Waals surface area contributed by atoms with Gasteiger partial charge in [0.05, 0.1) is 5.02 Å². The predicted molar refractivity (Wildman–Crippen MR) is 117 cm³/mol. The molecular weight excluding hydrogens is 432 g/mol. The van der Waals surface area contributed by atoms with Crippen molar-refractivity contribution in [2.24, 2.45) is 0 Å². The van der Waals surface area contributed by atoms with E-state index in [1.54, 1.807) is 19.1 Å². The third-order valence-corrected chi connectivity index (χ3v) is 5.00. The molecule has 1 amide bonds. The van der Waals surface area contributed by atoms with Gasteiger partial charge in [-0.25, -0.2) is 9.18 Å². The summed E-state index contributed by atoms with van der Waals surface area (Å²) in [5.41, 5.74) is 0.998. The Balaban J connectivity index is 2.09. The second-order valence-corrected chi connectivity index (χ2v) is 7.57. The first kappa shape index (κ1) is 23.7. The van der Waals surface area contributed by atoms with E-state index in [0.29, 0.717) is 31.4 Å². The van der Waals surface area contributed by atoms with Gasteiger partial charge in [0, 0.05) is 27.4 Å². The fourth-order valence-corrected chi connectivity index (χ4v) is 3.31. The highest BCUT2D eigenvalue weighted by molar-refractivity contribution is 6.32. The number of aliphatic carboxylic acids is 1. The Morgan fingerprint density at radius 3 is 2.63 bits per heavy atom. The first-order chi connectivity index (χ1) is 14.2. The molecule has 0 fully saturated rings. The predicted octanol–water partition coefficient (Wildman–Crippen LogP) is 6.16. The zero-order chi connectivity index (χ0) is 22.3. The van der Waals surface area contributed by atoms with E-state index in [1.807, 2.05) is 0 Å². The largest absolute Gasteiger partial charge is 0.487 e. The number of amides is 1. The van der Waals surface area contributed by atoms with Crippen LogP contribution in [0, 0.1) is 0 Å². The lowest BCUT2D eigenvalue weighted by Crippen LogP contribution is -2.16. The molecule has 8 heteroatoms. The van der Waals surface area contributed by atoms with Crippen LogP contribution in [0.15, 0.2) is 64.5 Å². The summed E-state index contributed by atoms with van der Waals surface area (Å²) in [6, 6.07) is 4.58. The van der Waals surface area contributed by atoms with E-state index in [-0.39, 0.29) is 39.1 Å². The molecule has 1 aliphatic carbocycles. The number of carboxylic acids is 1. The maximum Gasteiger partial charge on any atom is 0.332 e. The zero-order valence-electron chi connectivity index (χ0n) is 16.4. The SMILES string of the molecule is C=CCC=C(F)C(COc1ccc(NC(=O)C2=C(C(=O)O)CCC2)cc1Cl)=C(C)Cl. The molecule has 1 aliphatic rings. The van der Waals surface area contributed by atoms with Crippen LogP contribution >= 0.6 is 23.2 Å². The lowest BCUT2D eigenvalue weighted by Gasteiger charge is -2.13. The van der Waals surface area contributed by atoms with Gasteiger partial charge in [-0.1, -0.05) is 29.3 Å². The van der Waals surface area contributed by atoms with Crippen LogP contribution < -0.4 is 10.1 Å². The van der Waals surface area contributed by atoms with Gasteiger partial charge in [-0.05, 0) is 56.9 Å². The summed E-state index contributed by atoms with van der Waals surface area (Å²) in [4.78, 5) is 23.6. The first-order valence-corrected chi connectivity index (χ1v) is 10.0. The minimum absolute atomic E-state index is 0.130. The molecule has 5 nitrogen and oxygen atoms in total. The number of allylic oxidation sites excluding steroid dienone is 3. The Morgan fingerprint density at radius 1 is 1.33 bits per heavy atom. The number of hydrogen-bond donors (Lipinski definition) is 2. The number of ether oxygens (including phenoxy) is 1. The normalized spacial score (nSPS) is 15.0. The van der Waals surface area contributed by atoms with Crippen molar-refractivity contribution in [3.8, 4) is 5.75 Å². The number of anilines is 1. The molecule has 1 aromatic rings. The van der Waals surface area contributed by atoms with Crippen molar-refractivity contribution in [1.29, 1.82) is 0 Å². The van der Waals surface area contributed by atoms with Crippen LogP contribution in [0.3, 0.4) is 0 Å². The number of halogens is 3. The van der Waals surface area contributed by atoms with Gasteiger partial charge in [0.25, 0.3) is 5.91 Å². The summed E-state index contributed by atoms with van der Waals surface area (Å²) < 4.78 is 19.8. The van der Waals surface area contributed by atoms with E-state index in [2.05, 4.69) is 11.9 Å². The number of carboxylic acid groups (broad SMARTS) is 1. The Morgan fingerprint density at radius 2 is 2.03 bits per heavy atom. The van der Waals surface area contributed by atoms with Crippen LogP contribution in [0.25, 0.3) is 0 Å². The second kappa shape index (κ2) is 11.0. The van der Waals surface area contributed by atoms with Crippen LogP contribution in [0.5, 0.6) is 5.75 Å². The average molecular weight is 454 g/mol. The number of carbonyl (C=O) groups excluding carboxylic acids is 1. The Hall–Kier alpha value is -2.57. The molecule has 0 bridgehead atoms. The first-order valence-electron chi connectivity index (χ1n) is 9.25. The van der Waals surface area contributed by atoms with Crippen molar-refractivity contribution in [2.75, 3.05) is 11.9 Å². The highest BCUT2D eigenvalue weighted by atomic mass is 35.5. The molecule has 0 spiro atoms. The van der Waals surface area contributed by atoms with Crippen LogP contribution in [0.2, 0.25) is 5.02 Å². The Kier molecular flexibility index (Phi) is 8.69. The van der Waals surface area contributed by atoms with Crippen molar-refractivity contribution in [2.45, 2.75) is 32.6 Å². The average Bonchev–Trinajstić information content (AvgIpc) is 3.18. The van der Waals surface area contributed by atoms with Crippen molar-refractivity contribution in [3.05, 3.63) is 69.5 Å². The van der Waals surface area contributed by atoms with E-state index >= 15 is 0 Å². The molecule has 2 N–H and O–H groups in total. The third kappa shape index (κ3) is 6.21. The monoisotopic (exact) mass is 453 g/mol. The third-order valence-electron chi connectivity index (χ3n) is 4.48. The van der Waals surface area contributed by atoms with Crippen molar-refractivity contribution in [1.82, 2.24) is 0 Å². The summed E-state index contributed by atoms with van der Waals surface area (Å²) in [5, 5.41) is 12.3. The van der Waals surface area contributed by atoms with Crippen LogP contribution in [0.1, 0.15) is 32.6 Å². The van der Waals surface area contributed by atoms with Crippen molar-refractivity contribution < 1.29 is 23.8 Å². The van der Waals surface area contributed by atoms with Gasteiger partial charge in [0.1, 0.15) is 18.2 Å². The molecule has 30 heavy (non-hydrogen) atoms. The second-order valence-electron chi connectivity index (χ2n) is 6.59. The van der Waals surface area contributed by atoms with Gasteiger partial charge in [0.15, 0.2) is 0 Å². The quantitative estimate of drug-likeness (QED) is 0.346. The van der Waals surface area contributed by atoms with Gasteiger partial charge in [-0.15, -0.1) is 6.58 Å². The van der Waals surface area contributed by atoms with Gasteiger partial charge in [0.2, 0.25) is 0 Å². The molecular formula is C22H22Cl2FNO4. The number of carbonyl (C=O) groups is 2. The fourth-order valence-electron chi connectivity index (χ4n) is 2.93. The highest BCUT2D eigenvalue weighted by Crippen LogP contribution is 2.31. The molecule has 0 aliphatic heterocycles. The molecule has 2 rings (SSSR count). The molecule has 0 aromatic heterocycles. The molecule has 160 valence electrons. The summed E-state index contributed by atoms with van der Waals surface area (Å²) >= 11 is 12.2. The highest BCUT2D eigenvalue weighted by Gasteiger charge is 2.25. The summed E-state index contributed by atoms with van der Waals surface area (Å²) in [7, 11) is 0. The van der Waals surface area contributed by atoms with Gasteiger partial charge in [-0.2, -0.15) is 0 Å². The standard InChI is InChI=1S/C22H22Cl2FNO4/c1-3-4-8-19(25)17(13(2)23)12-30-20-10-9-14(11-18(20)24)26-21(27)15-6-5-7-16(15)22(28)29/h3,8-11H,1,4-7,12H2,2H3,(H,26,27)(H,28,29). The molecule has 0 saturated heterocycles. The lowest BCUT2D eigenvalue weighted by atomic mass is 10.1. The molecule has 0 atom stereocenters. The maximum atomic E-state index is 14.2. The summed E-state index contributed by atoms with van der Waals surface area (Å²) in [6.07, 6.45) is 4.69. The van der Waals surface area contributed by atoms with Crippen LogP contribution in [0.4, 0.5) is 10.1 Å². The maximum absolute atomic E-state index is 14.2. The molecule has 0 unspecified atom stereocenters. The Bertz CT molecular complexity index is 946. The minimum Gasteiger partial charge on any atom is -0.487 e. The number of nitrogens with one attached hydrogen (secondary N) is 1. The molecule has 0 heterocycles. The Labute approximate surface area is 184 Å². The van der Waals surface area contributed by atoms with E-state index in [1.165, 1.54) is 18.2 Å². The fraction of sp³-hybridized carbons (Fsp3) is 0.273. The van der Waals surface area contributed by atoms with Crippen molar-refractivity contribution in [3.63, 3.8) is 0 Å². The van der Waals surface area contributed by atoms with Gasteiger partial charge >= 0.3 is 5.97 Å². The number of hydrogen-bond acceptors (Lipinski definition) is 3. The van der Waals surface area contributed by atoms with E-state index < -0.39 is 17.7 Å². The van der Waals surface area contributed by atoms with Crippen molar-refractivity contribution >= 4 is 40.8 Å². The van der Waals surface area contributed by atoms with Gasteiger partial charge in [-0.3, -0.25) is 4.79 Å².